The van der Waals surface area contributed by atoms with Crippen molar-refractivity contribution in [2.75, 3.05) is 11.4 Å². The van der Waals surface area contributed by atoms with Gasteiger partial charge in [0.25, 0.3) is 0 Å². The second-order valence-electron chi connectivity index (χ2n) is 6.09. The van der Waals surface area contributed by atoms with Crippen LogP contribution in [0, 0.1) is 11.7 Å². The maximum atomic E-state index is 13.5. The first-order valence-corrected chi connectivity index (χ1v) is 7.75. The van der Waals surface area contributed by atoms with Crippen LogP contribution in [0.2, 0.25) is 0 Å². The summed E-state index contributed by atoms with van der Waals surface area (Å²) in [6, 6.07) is 5.07. The van der Waals surface area contributed by atoms with Crippen LogP contribution in [-0.4, -0.2) is 23.6 Å². The molecule has 1 aromatic carbocycles. The van der Waals surface area contributed by atoms with Crippen molar-refractivity contribution in [1.29, 1.82) is 0 Å². The van der Waals surface area contributed by atoms with E-state index < -0.39 is 0 Å². The van der Waals surface area contributed by atoms with Gasteiger partial charge in [-0.2, -0.15) is 0 Å². The summed E-state index contributed by atoms with van der Waals surface area (Å²) < 4.78 is 13.5. The van der Waals surface area contributed by atoms with E-state index in [1.807, 2.05) is 0 Å². The maximum Gasteiger partial charge on any atom is 0.172 e. The molecule has 0 spiro atoms. The molecule has 0 radical (unpaired) electrons. The lowest BCUT2D eigenvalue weighted by molar-refractivity contribution is 0.318. The molecule has 1 heterocycles. The molecule has 0 bridgehead atoms. The van der Waals surface area contributed by atoms with Crippen molar-refractivity contribution in [2.24, 2.45) is 16.8 Å². The van der Waals surface area contributed by atoms with Crippen molar-refractivity contribution in [2.45, 2.75) is 44.6 Å². The lowest BCUT2D eigenvalue weighted by Gasteiger charge is -2.32. The molecule has 0 aromatic heterocycles. The third-order valence-corrected chi connectivity index (χ3v) is 4.89. The molecular formula is C16H22FN3O. The Balaban J connectivity index is 1.95. The van der Waals surface area contributed by atoms with E-state index in [1.165, 1.54) is 44.2 Å². The van der Waals surface area contributed by atoms with Gasteiger partial charge in [0.15, 0.2) is 5.84 Å². The van der Waals surface area contributed by atoms with Crippen molar-refractivity contribution < 1.29 is 9.60 Å². The Hall–Kier alpha value is -1.78. The fourth-order valence-corrected chi connectivity index (χ4v) is 3.94. The highest BCUT2D eigenvalue weighted by Crippen LogP contribution is 2.38. The highest BCUT2D eigenvalue weighted by molar-refractivity contribution is 6.02. The average Bonchev–Trinajstić information content (AvgIpc) is 3.16. The van der Waals surface area contributed by atoms with Crippen LogP contribution in [0.5, 0.6) is 0 Å². The first-order chi connectivity index (χ1) is 10.2. The van der Waals surface area contributed by atoms with Gasteiger partial charge in [0.1, 0.15) is 5.82 Å². The van der Waals surface area contributed by atoms with E-state index >= 15 is 0 Å². The van der Waals surface area contributed by atoms with Crippen molar-refractivity contribution >= 4 is 11.5 Å². The number of rotatable bonds is 3. The van der Waals surface area contributed by atoms with Crippen LogP contribution < -0.4 is 10.6 Å². The van der Waals surface area contributed by atoms with Gasteiger partial charge in [0.2, 0.25) is 0 Å². The molecule has 0 amide bonds. The number of nitrogens with two attached hydrogens (primary N) is 1. The molecule has 1 unspecified atom stereocenters. The first-order valence-electron chi connectivity index (χ1n) is 7.75. The molecule has 21 heavy (non-hydrogen) atoms. The van der Waals surface area contributed by atoms with Crippen molar-refractivity contribution in [3.05, 3.63) is 29.6 Å². The minimum absolute atomic E-state index is 0.0263. The van der Waals surface area contributed by atoms with Crippen LogP contribution in [-0.2, 0) is 0 Å². The second-order valence-corrected chi connectivity index (χ2v) is 6.09. The van der Waals surface area contributed by atoms with Gasteiger partial charge in [0.05, 0.1) is 0 Å². The SMILES string of the molecule is NC(=NO)c1cc(F)ccc1N1CCCC1C1CCCC1. The summed E-state index contributed by atoms with van der Waals surface area (Å²) >= 11 is 0. The van der Waals surface area contributed by atoms with Gasteiger partial charge in [-0.25, -0.2) is 4.39 Å². The molecule has 4 nitrogen and oxygen atoms in total. The molecular weight excluding hydrogens is 269 g/mol. The lowest BCUT2D eigenvalue weighted by Crippen LogP contribution is -2.36. The molecule has 1 aliphatic heterocycles. The molecule has 1 saturated heterocycles. The van der Waals surface area contributed by atoms with Gasteiger partial charge in [-0.1, -0.05) is 18.0 Å². The highest BCUT2D eigenvalue weighted by Gasteiger charge is 2.34. The summed E-state index contributed by atoms with van der Waals surface area (Å²) in [6.07, 6.45) is 7.51. The summed E-state index contributed by atoms with van der Waals surface area (Å²) in [5.74, 6) is 0.330. The van der Waals surface area contributed by atoms with E-state index in [-0.39, 0.29) is 11.7 Å². The predicted molar refractivity (Wildman–Crippen MR) is 81.2 cm³/mol. The van der Waals surface area contributed by atoms with E-state index in [9.17, 15) is 4.39 Å². The molecule has 2 aliphatic rings. The molecule has 1 atom stereocenters. The highest BCUT2D eigenvalue weighted by atomic mass is 19.1. The van der Waals surface area contributed by atoms with Crippen molar-refractivity contribution in [3.8, 4) is 0 Å². The summed E-state index contributed by atoms with van der Waals surface area (Å²) in [6.45, 7) is 0.957. The smallest absolute Gasteiger partial charge is 0.172 e. The standard InChI is InChI=1S/C16H22FN3O/c17-12-7-8-15(13(10-12)16(18)19-21)20-9-3-6-14(20)11-4-1-2-5-11/h7-8,10-11,14,21H,1-6,9H2,(H2,18,19). The molecule has 114 valence electrons. The lowest BCUT2D eigenvalue weighted by atomic mass is 9.95. The summed E-state index contributed by atoms with van der Waals surface area (Å²) in [7, 11) is 0. The Bertz CT molecular complexity index is 540. The number of halogens is 1. The van der Waals surface area contributed by atoms with E-state index in [2.05, 4.69) is 10.1 Å². The number of oxime groups is 1. The largest absolute Gasteiger partial charge is 0.409 e. The molecule has 3 rings (SSSR count). The van der Waals surface area contributed by atoms with E-state index in [4.69, 9.17) is 10.9 Å². The number of hydrogen-bond donors (Lipinski definition) is 2. The fraction of sp³-hybridized carbons (Fsp3) is 0.562. The molecule has 1 saturated carbocycles. The van der Waals surface area contributed by atoms with Gasteiger partial charge in [-0.3, -0.25) is 0 Å². The summed E-state index contributed by atoms with van der Waals surface area (Å²) in [5, 5.41) is 12.0. The van der Waals surface area contributed by atoms with Gasteiger partial charge in [-0.05, 0) is 49.8 Å². The quantitative estimate of drug-likeness (QED) is 0.389. The topological polar surface area (TPSA) is 61.9 Å². The van der Waals surface area contributed by atoms with Crippen molar-refractivity contribution in [1.82, 2.24) is 0 Å². The molecule has 3 N–H and O–H groups in total. The Morgan fingerprint density at radius 1 is 1.24 bits per heavy atom. The third kappa shape index (κ3) is 2.69. The molecule has 2 fully saturated rings. The Morgan fingerprint density at radius 2 is 2.00 bits per heavy atom. The zero-order chi connectivity index (χ0) is 14.8. The minimum atomic E-state index is -0.364. The third-order valence-electron chi connectivity index (χ3n) is 4.89. The number of benzene rings is 1. The van der Waals surface area contributed by atoms with Gasteiger partial charge in [0, 0.05) is 23.8 Å². The van der Waals surface area contributed by atoms with Crippen LogP contribution in [0.4, 0.5) is 10.1 Å². The van der Waals surface area contributed by atoms with Crippen LogP contribution in [0.25, 0.3) is 0 Å². The summed E-state index contributed by atoms with van der Waals surface area (Å²) in [4.78, 5) is 2.34. The maximum absolute atomic E-state index is 13.5. The normalized spacial score (nSPS) is 24.0. The minimum Gasteiger partial charge on any atom is -0.409 e. The van der Waals surface area contributed by atoms with E-state index in [0.717, 1.165) is 24.6 Å². The number of amidine groups is 1. The Kier molecular flexibility index (Phi) is 3.99. The van der Waals surface area contributed by atoms with Crippen LogP contribution in [0.3, 0.4) is 0 Å². The first kappa shape index (κ1) is 14.2. The summed E-state index contributed by atoms with van der Waals surface area (Å²) in [5.41, 5.74) is 7.12. The molecule has 1 aliphatic carbocycles. The van der Waals surface area contributed by atoms with Crippen LogP contribution in [0.15, 0.2) is 23.4 Å². The van der Waals surface area contributed by atoms with Gasteiger partial charge >= 0.3 is 0 Å². The van der Waals surface area contributed by atoms with E-state index in [0.29, 0.717) is 11.6 Å². The molecule has 1 aromatic rings. The number of nitrogens with zero attached hydrogens (tertiary/aromatic N) is 2. The van der Waals surface area contributed by atoms with Gasteiger partial charge in [-0.15, -0.1) is 0 Å². The van der Waals surface area contributed by atoms with E-state index in [1.54, 1.807) is 6.07 Å². The predicted octanol–water partition coefficient (Wildman–Crippen LogP) is 3.08. The Morgan fingerprint density at radius 3 is 2.71 bits per heavy atom. The monoisotopic (exact) mass is 291 g/mol. The zero-order valence-electron chi connectivity index (χ0n) is 12.1. The zero-order valence-corrected chi connectivity index (χ0v) is 12.1. The van der Waals surface area contributed by atoms with Crippen molar-refractivity contribution in [3.63, 3.8) is 0 Å². The number of anilines is 1. The fourth-order valence-electron chi connectivity index (χ4n) is 3.94. The average molecular weight is 291 g/mol. The van der Waals surface area contributed by atoms with Crippen LogP contribution in [0.1, 0.15) is 44.1 Å². The van der Waals surface area contributed by atoms with Crippen LogP contribution >= 0.6 is 0 Å². The molecule has 5 heteroatoms. The Labute approximate surface area is 124 Å². The second kappa shape index (κ2) is 5.92. The van der Waals surface area contributed by atoms with Gasteiger partial charge < -0.3 is 15.8 Å². The number of hydrogen-bond acceptors (Lipinski definition) is 3.